The van der Waals surface area contributed by atoms with Crippen molar-refractivity contribution >= 4 is 51.3 Å². The summed E-state index contributed by atoms with van der Waals surface area (Å²) < 4.78 is 7.50. The molecule has 0 atom stereocenters. The number of anilines is 1. The number of rotatable bonds is 5. The van der Waals surface area contributed by atoms with E-state index in [-0.39, 0.29) is 11.0 Å². The van der Waals surface area contributed by atoms with Crippen LogP contribution in [-0.4, -0.2) is 30.8 Å². The Balaban J connectivity index is 1.20. The Kier molecular flexibility index (Phi) is 6.21. The standard InChI is InChI=1S/C25H20N6O2S2/c1-15-14-18(23-30-31-16(2)28-29-25(31)35-23)8-11-20(15)26-24(34)27-22(32)13-10-19-9-12-21(33-19)17-6-4-3-5-7-17/h3-14H,1-2H3,(H2,26,27,32,34)/b13-10+. The highest BCUT2D eigenvalue weighted by Gasteiger charge is 2.12. The van der Waals surface area contributed by atoms with Crippen molar-refractivity contribution in [2.45, 2.75) is 13.8 Å². The molecule has 2 aromatic carbocycles. The number of carbonyl (C=O) groups is 1. The van der Waals surface area contributed by atoms with Crippen molar-refractivity contribution in [1.82, 2.24) is 25.1 Å². The minimum atomic E-state index is -0.357. The summed E-state index contributed by atoms with van der Waals surface area (Å²) in [6.45, 7) is 3.83. The molecule has 0 radical (unpaired) electrons. The van der Waals surface area contributed by atoms with Gasteiger partial charge in [0.25, 0.3) is 0 Å². The number of nitrogens with zero attached hydrogens (tertiary/aromatic N) is 4. The molecule has 0 saturated heterocycles. The quantitative estimate of drug-likeness (QED) is 0.251. The van der Waals surface area contributed by atoms with Gasteiger partial charge in [0.1, 0.15) is 16.5 Å². The van der Waals surface area contributed by atoms with Gasteiger partial charge in [-0.2, -0.15) is 9.61 Å². The largest absolute Gasteiger partial charge is 0.457 e. The van der Waals surface area contributed by atoms with E-state index in [4.69, 9.17) is 16.6 Å². The van der Waals surface area contributed by atoms with Crippen molar-refractivity contribution in [2.75, 3.05) is 5.32 Å². The molecule has 1 amide bonds. The highest BCUT2D eigenvalue weighted by molar-refractivity contribution is 7.80. The molecule has 174 valence electrons. The Bertz CT molecular complexity index is 1570. The van der Waals surface area contributed by atoms with E-state index in [1.807, 2.05) is 74.5 Å². The van der Waals surface area contributed by atoms with E-state index in [1.165, 1.54) is 17.4 Å². The molecule has 35 heavy (non-hydrogen) atoms. The molecule has 8 nitrogen and oxygen atoms in total. The van der Waals surface area contributed by atoms with Crippen molar-refractivity contribution in [1.29, 1.82) is 0 Å². The molecule has 0 aliphatic carbocycles. The lowest BCUT2D eigenvalue weighted by Crippen LogP contribution is -2.33. The first-order valence-corrected chi connectivity index (χ1v) is 11.9. The molecule has 5 aromatic rings. The summed E-state index contributed by atoms with van der Waals surface area (Å²) in [5.74, 6) is 1.70. The van der Waals surface area contributed by atoms with Crippen LogP contribution in [0.25, 0.3) is 32.9 Å². The maximum Gasteiger partial charge on any atom is 0.250 e. The fraction of sp³-hybridized carbons (Fsp3) is 0.0800. The number of aromatic nitrogens is 4. The third-order valence-corrected chi connectivity index (χ3v) is 6.34. The topological polar surface area (TPSA) is 97.4 Å². The minimum absolute atomic E-state index is 0.203. The highest BCUT2D eigenvalue weighted by atomic mass is 32.1. The number of fused-ring (bicyclic) bond motifs is 1. The van der Waals surface area contributed by atoms with Crippen molar-refractivity contribution in [3.8, 4) is 21.9 Å². The summed E-state index contributed by atoms with van der Waals surface area (Å²) in [5, 5.41) is 19.5. The van der Waals surface area contributed by atoms with Crippen LogP contribution in [0.3, 0.4) is 0 Å². The number of nitrogens with one attached hydrogen (secondary N) is 2. The monoisotopic (exact) mass is 500 g/mol. The van der Waals surface area contributed by atoms with E-state index in [9.17, 15) is 4.79 Å². The van der Waals surface area contributed by atoms with Gasteiger partial charge in [-0.15, -0.1) is 10.2 Å². The van der Waals surface area contributed by atoms with E-state index in [1.54, 1.807) is 10.6 Å². The van der Waals surface area contributed by atoms with E-state index < -0.39 is 0 Å². The third kappa shape index (κ3) is 5.03. The van der Waals surface area contributed by atoms with Crippen molar-refractivity contribution in [2.24, 2.45) is 0 Å². The van der Waals surface area contributed by atoms with Crippen LogP contribution in [0.15, 0.2) is 71.2 Å². The SMILES string of the molecule is Cc1cc(-c2nn3c(C)nnc3s2)ccc1NC(=S)NC(=O)/C=C/c1ccc(-c2ccccc2)o1. The van der Waals surface area contributed by atoms with Crippen molar-refractivity contribution in [3.05, 3.63) is 83.9 Å². The average molecular weight is 501 g/mol. The molecule has 0 aliphatic rings. The Morgan fingerprint density at radius 1 is 1.06 bits per heavy atom. The minimum Gasteiger partial charge on any atom is -0.457 e. The van der Waals surface area contributed by atoms with Gasteiger partial charge in [0.2, 0.25) is 10.9 Å². The van der Waals surface area contributed by atoms with Crippen LogP contribution in [0.4, 0.5) is 5.69 Å². The number of furan rings is 1. The lowest BCUT2D eigenvalue weighted by atomic mass is 10.1. The fourth-order valence-corrected chi connectivity index (χ4v) is 4.53. The fourth-order valence-electron chi connectivity index (χ4n) is 3.43. The second-order valence-electron chi connectivity index (χ2n) is 7.72. The van der Waals surface area contributed by atoms with Crippen LogP contribution < -0.4 is 10.6 Å². The predicted octanol–water partition coefficient (Wildman–Crippen LogP) is 5.26. The number of carbonyl (C=O) groups excluding carboxylic acids is 1. The number of thiocarbonyl (C=S) groups is 1. The van der Waals surface area contributed by atoms with Crippen molar-refractivity contribution in [3.63, 3.8) is 0 Å². The maximum atomic E-state index is 12.3. The van der Waals surface area contributed by atoms with Crippen molar-refractivity contribution < 1.29 is 9.21 Å². The number of amides is 1. The first kappa shape index (κ1) is 22.6. The first-order valence-electron chi connectivity index (χ1n) is 10.7. The van der Waals surface area contributed by atoms with Crippen LogP contribution in [0.5, 0.6) is 0 Å². The zero-order chi connectivity index (χ0) is 24.4. The molecule has 0 bridgehead atoms. The molecule has 10 heteroatoms. The summed E-state index contributed by atoms with van der Waals surface area (Å²) in [5.41, 5.74) is 3.69. The molecule has 3 aromatic heterocycles. The molecule has 0 saturated carbocycles. The van der Waals surface area contributed by atoms with Crippen LogP contribution in [0.2, 0.25) is 0 Å². The molecule has 5 rings (SSSR count). The summed E-state index contributed by atoms with van der Waals surface area (Å²) in [4.78, 5) is 13.1. The smallest absolute Gasteiger partial charge is 0.250 e. The Hall–Kier alpha value is -4.15. The Morgan fingerprint density at radius 3 is 2.66 bits per heavy atom. The van der Waals surface area contributed by atoms with Gasteiger partial charge < -0.3 is 9.73 Å². The lowest BCUT2D eigenvalue weighted by molar-refractivity contribution is -0.115. The number of aryl methyl sites for hydroxylation is 2. The molecule has 3 heterocycles. The van der Waals surface area contributed by atoms with Crippen LogP contribution in [0, 0.1) is 13.8 Å². The predicted molar refractivity (Wildman–Crippen MR) is 141 cm³/mol. The van der Waals surface area contributed by atoms with Crippen LogP contribution in [-0.2, 0) is 4.79 Å². The zero-order valence-corrected chi connectivity index (χ0v) is 20.5. The molecule has 0 fully saturated rings. The summed E-state index contributed by atoms with van der Waals surface area (Å²) >= 11 is 6.79. The third-order valence-electron chi connectivity index (χ3n) is 5.19. The summed E-state index contributed by atoms with van der Waals surface area (Å²) in [6, 6.07) is 19.3. The molecule has 0 unspecified atom stereocenters. The molecule has 0 aliphatic heterocycles. The molecular formula is C25H20N6O2S2. The summed E-state index contributed by atoms with van der Waals surface area (Å²) in [7, 11) is 0. The number of hydrogen-bond acceptors (Lipinski definition) is 7. The maximum absolute atomic E-state index is 12.3. The molecule has 0 spiro atoms. The number of benzene rings is 2. The second-order valence-corrected chi connectivity index (χ2v) is 9.09. The van der Waals surface area contributed by atoms with Gasteiger partial charge >= 0.3 is 0 Å². The van der Waals surface area contributed by atoms with E-state index in [0.29, 0.717) is 5.76 Å². The van der Waals surface area contributed by atoms with Gasteiger partial charge in [0.05, 0.1) is 0 Å². The van der Waals surface area contributed by atoms with E-state index in [0.717, 1.165) is 43.9 Å². The van der Waals surface area contributed by atoms with Gasteiger partial charge in [-0.1, -0.05) is 41.7 Å². The Labute approximate surface area is 210 Å². The second kappa shape index (κ2) is 9.61. The first-order chi connectivity index (χ1) is 17.0. The average Bonchev–Trinajstić information content (AvgIpc) is 3.57. The van der Waals surface area contributed by atoms with Gasteiger partial charge in [-0.3, -0.25) is 10.1 Å². The van der Waals surface area contributed by atoms with Crippen LogP contribution in [0.1, 0.15) is 17.1 Å². The summed E-state index contributed by atoms with van der Waals surface area (Å²) in [6.07, 6.45) is 2.99. The van der Waals surface area contributed by atoms with Gasteiger partial charge in [0.15, 0.2) is 10.9 Å². The Morgan fingerprint density at radius 2 is 1.89 bits per heavy atom. The van der Waals surface area contributed by atoms with Gasteiger partial charge in [-0.05, 0) is 68.0 Å². The zero-order valence-electron chi connectivity index (χ0n) is 18.9. The number of hydrogen-bond donors (Lipinski definition) is 2. The van der Waals surface area contributed by atoms with E-state index in [2.05, 4.69) is 25.9 Å². The molecular weight excluding hydrogens is 480 g/mol. The normalized spacial score (nSPS) is 11.3. The van der Waals surface area contributed by atoms with E-state index >= 15 is 0 Å². The molecule has 2 N–H and O–H groups in total. The highest BCUT2D eigenvalue weighted by Crippen LogP contribution is 2.28. The van der Waals surface area contributed by atoms with Crippen LogP contribution >= 0.6 is 23.6 Å². The lowest BCUT2D eigenvalue weighted by Gasteiger charge is -2.11. The van der Waals surface area contributed by atoms with Gasteiger partial charge in [0, 0.05) is 22.9 Å². The van der Waals surface area contributed by atoms with Gasteiger partial charge in [-0.25, -0.2) is 0 Å².